The van der Waals surface area contributed by atoms with E-state index in [0.29, 0.717) is 6.61 Å². The van der Waals surface area contributed by atoms with E-state index in [0.717, 1.165) is 16.7 Å². The molecule has 0 aliphatic rings. The Hall–Kier alpha value is -2.35. The molecule has 0 N–H and O–H groups in total. The Balaban J connectivity index is 2.19. The number of hydrogen-bond donors (Lipinski definition) is 0. The van der Waals surface area contributed by atoms with Crippen LogP contribution in [-0.2, 0) is 9.53 Å². The fourth-order valence-electron chi connectivity index (χ4n) is 2.09. The Morgan fingerprint density at radius 3 is 1.95 bits per heavy atom. The predicted molar refractivity (Wildman–Crippen MR) is 85.5 cm³/mol. The van der Waals surface area contributed by atoms with Crippen molar-refractivity contribution in [2.24, 2.45) is 0 Å². The molecule has 0 aromatic heterocycles. The van der Waals surface area contributed by atoms with Crippen LogP contribution in [-0.4, -0.2) is 12.6 Å². The SMILES string of the molecule is CCOC(=O)C[CH]C=C(c1ccccc1)c1ccccc1. The third-order valence-electron chi connectivity index (χ3n) is 3.04. The fourth-order valence-corrected chi connectivity index (χ4v) is 2.09. The first-order chi connectivity index (χ1) is 10.3. The van der Waals surface area contributed by atoms with Gasteiger partial charge in [0.05, 0.1) is 13.0 Å². The van der Waals surface area contributed by atoms with Gasteiger partial charge < -0.3 is 4.74 Å². The first kappa shape index (κ1) is 15.0. The molecule has 1 radical (unpaired) electrons. The van der Waals surface area contributed by atoms with Crippen molar-refractivity contribution in [1.29, 1.82) is 0 Å². The molecule has 0 aliphatic carbocycles. The van der Waals surface area contributed by atoms with Crippen molar-refractivity contribution < 1.29 is 9.53 Å². The van der Waals surface area contributed by atoms with Gasteiger partial charge in [-0.2, -0.15) is 0 Å². The summed E-state index contributed by atoms with van der Waals surface area (Å²) in [6.07, 6.45) is 4.13. The van der Waals surface area contributed by atoms with Crippen LogP contribution in [0.4, 0.5) is 0 Å². The highest BCUT2D eigenvalue weighted by Crippen LogP contribution is 2.23. The smallest absolute Gasteiger partial charge is 0.306 e. The Morgan fingerprint density at radius 1 is 0.952 bits per heavy atom. The molecule has 2 aromatic carbocycles. The second kappa shape index (κ2) is 8.05. The van der Waals surface area contributed by atoms with Crippen LogP contribution in [0.1, 0.15) is 24.5 Å². The lowest BCUT2D eigenvalue weighted by molar-refractivity contribution is -0.142. The van der Waals surface area contributed by atoms with E-state index in [1.54, 1.807) is 0 Å². The molecule has 0 unspecified atom stereocenters. The molecule has 21 heavy (non-hydrogen) atoms. The number of hydrogen-bond acceptors (Lipinski definition) is 2. The van der Waals surface area contributed by atoms with Crippen LogP contribution < -0.4 is 0 Å². The van der Waals surface area contributed by atoms with Gasteiger partial charge in [-0.3, -0.25) is 4.79 Å². The van der Waals surface area contributed by atoms with E-state index in [9.17, 15) is 4.79 Å². The molecule has 0 saturated heterocycles. The maximum Gasteiger partial charge on any atom is 0.306 e. The maximum atomic E-state index is 11.4. The average molecular weight is 279 g/mol. The van der Waals surface area contributed by atoms with Gasteiger partial charge in [-0.1, -0.05) is 66.7 Å². The van der Waals surface area contributed by atoms with Crippen molar-refractivity contribution in [3.63, 3.8) is 0 Å². The van der Waals surface area contributed by atoms with Crippen LogP contribution in [0.15, 0.2) is 66.7 Å². The predicted octanol–water partition coefficient (Wildman–Crippen LogP) is 4.28. The minimum atomic E-state index is -0.200. The van der Waals surface area contributed by atoms with Crippen molar-refractivity contribution in [2.45, 2.75) is 13.3 Å². The number of benzene rings is 2. The van der Waals surface area contributed by atoms with Crippen LogP contribution in [0.3, 0.4) is 0 Å². The standard InChI is InChI=1S/C19H19O2/c1-2-21-19(20)15-9-14-18(16-10-5-3-6-11-16)17-12-7-4-8-13-17/h3-14H,2,15H2,1H3. The highest BCUT2D eigenvalue weighted by atomic mass is 16.5. The molecule has 0 bridgehead atoms. The Kier molecular flexibility index (Phi) is 5.77. The van der Waals surface area contributed by atoms with Crippen molar-refractivity contribution >= 4 is 11.5 Å². The summed E-state index contributed by atoms with van der Waals surface area (Å²) in [5.74, 6) is -0.200. The van der Waals surface area contributed by atoms with E-state index in [4.69, 9.17) is 4.74 Å². The van der Waals surface area contributed by atoms with Gasteiger partial charge >= 0.3 is 5.97 Å². The van der Waals surface area contributed by atoms with Gasteiger partial charge in [-0.05, 0) is 30.0 Å². The van der Waals surface area contributed by atoms with Crippen molar-refractivity contribution in [3.05, 3.63) is 84.3 Å². The molecular weight excluding hydrogens is 260 g/mol. The molecule has 0 aliphatic heterocycles. The fraction of sp³-hybridized carbons (Fsp3) is 0.158. The van der Waals surface area contributed by atoms with Crippen molar-refractivity contribution in [3.8, 4) is 0 Å². The lowest BCUT2D eigenvalue weighted by Crippen LogP contribution is -2.03. The van der Waals surface area contributed by atoms with Gasteiger partial charge in [0, 0.05) is 0 Å². The first-order valence-corrected chi connectivity index (χ1v) is 7.11. The molecule has 107 valence electrons. The summed E-state index contributed by atoms with van der Waals surface area (Å²) in [5.41, 5.74) is 3.35. The molecular formula is C19H19O2. The summed E-state index contributed by atoms with van der Waals surface area (Å²) < 4.78 is 4.94. The second-order valence-corrected chi connectivity index (χ2v) is 4.56. The van der Waals surface area contributed by atoms with E-state index in [-0.39, 0.29) is 12.4 Å². The molecule has 0 spiro atoms. The maximum absolute atomic E-state index is 11.4. The lowest BCUT2D eigenvalue weighted by Gasteiger charge is -2.08. The number of carbonyl (C=O) groups excluding carboxylic acids is 1. The Labute approximate surface area is 126 Å². The van der Waals surface area contributed by atoms with Crippen molar-refractivity contribution in [2.75, 3.05) is 6.61 Å². The number of carbonyl (C=O) groups is 1. The number of rotatable bonds is 6. The van der Waals surface area contributed by atoms with Gasteiger partial charge in [0.25, 0.3) is 0 Å². The normalized spacial score (nSPS) is 9.95. The molecule has 0 heterocycles. The minimum Gasteiger partial charge on any atom is -0.466 e. The number of allylic oxidation sites excluding steroid dienone is 1. The van der Waals surface area contributed by atoms with Crippen LogP contribution in [0, 0.1) is 6.42 Å². The van der Waals surface area contributed by atoms with Gasteiger partial charge in [-0.15, -0.1) is 0 Å². The average Bonchev–Trinajstić information content (AvgIpc) is 2.53. The Bertz CT molecular complexity index is 544. The number of ether oxygens (including phenoxy) is 1. The zero-order valence-electron chi connectivity index (χ0n) is 12.2. The Morgan fingerprint density at radius 2 is 1.48 bits per heavy atom. The van der Waals surface area contributed by atoms with Gasteiger partial charge in [0.15, 0.2) is 0 Å². The van der Waals surface area contributed by atoms with Crippen molar-refractivity contribution in [1.82, 2.24) is 0 Å². The van der Waals surface area contributed by atoms with E-state index in [1.807, 2.05) is 55.8 Å². The van der Waals surface area contributed by atoms with E-state index in [2.05, 4.69) is 24.3 Å². The first-order valence-electron chi connectivity index (χ1n) is 7.11. The van der Waals surface area contributed by atoms with E-state index < -0.39 is 0 Å². The monoisotopic (exact) mass is 279 g/mol. The molecule has 0 fully saturated rings. The van der Waals surface area contributed by atoms with Gasteiger partial charge in [0.1, 0.15) is 0 Å². The molecule has 2 aromatic rings. The van der Waals surface area contributed by atoms with Gasteiger partial charge in [-0.25, -0.2) is 0 Å². The van der Waals surface area contributed by atoms with Crippen LogP contribution in [0.2, 0.25) is 0 Å². The highest BCUT2D eigenvalue weighted by Gasteiger charge is 2.05. The zero-order valence-corrected chi connectivity index (χ0v) is 12.2. The molecule has 0 amide bonds. The van der Waals surface area contributed by atoms with Crippen LogP contribution >= 0.6 is 0 Å². The highest BCUT2D eigenvalue weighted by molar-refractivity contribution is 5.81. The topological polar surface area (TPSA) is 26.3 Å². The third-order valence-corrected chi connectivity index (χ3v) is 3.04. The lowest BCUT2D eigenvalue weighted by atomic mass is 9.96. The van der Waals surface area contributed by atoms with E-state index >= 15 is 0 Å². The van der Waals surface area contributed by atoms with E-state index in [1.165, 1.54) is 0 Å². The van der Waals surface area contributed by atoms with Crippen LogP contribution in [0.25, 0.3) is 5.57 Å². The summed E-state index contributed by atoms with van der Waals surface area (Å²) in [7, 11) is 0. The zero-order chi connectivity index (χ0) is 14.9. The summed E-state index contributed by atoms with van der Waals surface area (Å²) in [6, 6.07) is 20.3. The molecule has 2 nitrogen and oxygen atoms in total. The molecule has 2 rings (SSSR count). The molecule has 0 atom stereocenters. The van der Waals surface area contributed by atoms with Crippen LogP contribution in [0.5, 0.6) is 0 Å². The summed E-state index contributed by atoms with van der Waals surface area (Å²) in [4.78, 5) is 11.4. The largest absolute Gasteiger partial charge is 0.466 e. The minimum absolute atomic E-state index is 0.200. The number of esters is 1. The summed E-state index contributed by atoms with van der Waals surface area (Å²) in [5, 5.41) is 0. The summed E-state index contributed by atoms with van der Waals surface area (Å²) in [6.45, 7) is 2.23. The molecule has 0 saturated carbocycles. The third kappa shape index (κ3) is 4.60. The molecule has 2 heteroatoms. The second-order valence-electron chi connectivity index (χ2n) is 4.56. The summed E-state index contributed by atoms with van der Waals surface area (Å²) >= 11 is 0. The quantitative estimate of drug-likeness (QED) is 0.738. The van der Waals surface area contributed by atoms with Gasteiger partial charge in [0.2, 0.25) is 0 Å².